The van der Waals surface area contributed by atoms with Gasteiger partial charge in [0.1, 0.15) is 6.61 Å². The Labute approximate surface area is 101 Å². The maximum Gasteiger partial charge on any atom is 0.220 e. The Morgan fingerprint density at radius 3 is 2.87 bits per heavy atom. The summed E-state index contributed by atoms with van der Waals surface area (Å²) in [6.45, 7) is 6.53. The maximum absolute atomic E-state index is 10.3. The van der Waals surface area contributed by atoms with Gasteiger partial charge in [0.2, 0.25) is 4.38 Å². The van der Waals surface area contributed by atoms with E-state index in [-0.39, 0.29) is 5.25 Å². The number of hydrogen-bond acceptors (Lipinski definition) is 4. The van der Waals surface area contributed by atoms with Crippen molar-refractivity contribution >= 4 is 28.4 Å². The lowest BCUT2D eigenvalue weighted by molar-refractivity contribution is 0.0394. The van der Waals surface area contributed by atoms with Crippen molar-refractivity contribution in [1.29, 1.82) is 0 Å². The van der Waals surface area contributed by atoms with E-state index < -0.39 is 5.60 Å². The van der Waals surface area contributed by atoms with Crippen molar-refractivity contribution in [2.75, 3.05) is 6.61 Å². The van der Waals surface area contributed by atoms with Crippen molar-refractivity contribution in [2.24, 2.45) is 0 Å². The molecule has 0 radical (unpaired) electrons. The summed E-state index contributed by atoms with van der Waals surface area (Å²) < 4.78 is 5.76. The Hall–Kier alpha value is -0.0600. The minimum absolute atomic E-state index is 0.0792. The summed E-state index contributed by atoms with van der Waals surface area (Å²) in [6.07, 6.45) is 3.80. The minimum atomic E-state index is -0.697. The zero-order valence-electron chi connectivity index (χ0n) is 9.45. The monoisotopic (exact) mass is 246 g/mol. The molecule has 1 fully saturated rings. The Bertz CT molecular complexity index is 268. The van der Waals surface area contributed by atoms with Gasteiger partial charge in [-0.1, -0.05) is 23.4 Å². The molecule has 0 bridgehead atoms. The van der Waals surface area contributed by atoms with E-state index >= 15 is 0 Å². The number of rotatable bonds is 4. The van der Waals surface area contributed by atoms with Gasteiger partial charge in [-0.05, 0) is 45.8 Å². The number of allylic oxidation sites excluding steroid dienone is 2. The van der Waals surface area contributed by atoms with Gasteiger partial charge in [0, 0.05) is 0 Å². The Balaban J connectivity index is 2.44. The molecule has 0 aromatic carbocycles. The second-order valence-electron chi connectivity index (χ2n) is 4.34. The van der Waals surface area contributed by atoms with Crippen molar-refractivity contribution in [3.8, 4) is 0 Å². The summed E-state index contributed by atoms with van der Waals surface area (Å²) in [7, 11) is 0. The van der Waals surface area contributed by atoms with Crippen molar-refractivity contribution in [1.82, 2.24) is 0 Å². The van der Waals surface area contributed by atoms with Crippen molar-refractivity contribution in [3.63, 3.8) is 0 Å². The van der Waals surface area contributed by atoms with Gasteiger partial charge in [0.15, 0.2) is 0 Å². The predicted molar refractivity (Wildman–Crippen MR) is 69.2 cm³/mol. The van der Waals surface area contributed by atoms with Gasteiger partial charge >= 0.3 is 0 Å². The summed E-state index contributed by atoms with van der Waals surface area (Å²) in [4.78, 5) is 0. The van der Waals surface area contributed by atoms with Gasteiger partial charge in [-0.15, -0.1) is 0 Å². The first kappa shape index (κ1) is 13.0. The molecule has 86 valence electrons. The standard InChI is InChI=1S/C11H18O2S2/c1-8(2)5-4-6-11(3,12)9-7-13-10(14)15-9/h5,9,12H,4,6-7H2,1-3H3/t9-,11+/m1/s1. The first-order valence-corrected chi connectivity index (χ1v) is 6.40. The van der Waals surface area contributed by atoms with Gasteiger partial charge < -0.3 is 9.84 Å². The SMILES string of the molecule is CC(C)=CCC[C@](C)(O)[C@H]1COC(=S)S1. The smallest absolute Gasteiger partial charge is 0.220 e. The maximum atomic E-state index is 10.3. The number of thioether (sulfide) groups is 1. The molecule has 2 nitrogen and oxygen atoms in total. The average Bonchev–Trinajstić information content (AvgIpc) is 2.51. The van der Waals surface area contributed by atoms with Crippen LogP contribution in [0.3, 0.4) is 0 Å². The molecule has 1 aliphatic heterocycles. The average molecular weight is 246 g/mol. The highest BCUT2D eigenvalue weighted by Gasteiger charge is 2.37. The van der Waals surface area contributed by atoms with Gasteiger partial charge in [-0.25, -0.2) is 0 Å². The van der Waals surface area contributed by atoms with Crippen LogP contribution in [0, 0.1) is 0 Å². The molecule has 0 amide bonds. The third-order valence-corrected chi connectivity index (χ3v) is 4.13. The van der Waals surface area contributed by atoms with E-state index in [2.05, 4.69) is 19.9 Å². The molecule has 4 heteroatoms. The van der Waals surface area contributed by atoms with E-state index in [1.807, 2.05) is 6.92 Å². The Morgan fingerprint density at radius 1 is 1.73 bits per heavy atom. The topological polar surface area (TPSA) is 29.5 Å². The van der Waals surface area contributed by atoms with Crippen LogP contribution < -0.4 is 0 Å². The van der Waals surface area contributed by atoms with Crippen LogP contribution in [0.25, 0.3) is 0 Å². The molecule has 2 atom stereocenters. The van der Waals surface area contributed by atoms with Crippen molar-refractivity contribution in [3.05, 3.63) is 11.6 Å². The highest BCUT2D eigenvalue weighted by atomic mass is 32.2. The summed E-state index contributed by atoms with van der Waals surface area (Å²) in [5.41, 5.74) is 0.591. The Kier molecular flexibility index (Phi) is 4.62. The van der Waals surface area contributed by atoms with Crippen LogP contribution in [0.1, 0.15) is 33.6 Å². The zero-order valence-corrected chi connectivity index (χ0v) is 11.1. The summed E-state index contributed by atoms with van der Waals surface area (Å²) in [5, 5.41) is 10.3. The van der Waals surface area contributed by atoms with Crippen molar-refractivity contribution < 1.29 is 9.84 Å². The van der Waals surface area contributed by atoms with Gasteiger partial charge in [0.25, 0.3) is 0 Å². The molecule has 1 N–H and O–H groups in total. The van der Waals surface area contributed by atoms with E-state index in [9.17, 15) is 5.11 Å². The summed E-state index contributed by atoms with van der Waals surface area (Å²) in [6, 6.07) is 0. The number of thiocarbonyl (C=S) groups is 1. The molecule has 0 spiro atoms. The van der Waals surface area contributed by atoms with E-state index in [0.717, 1.165) is 12.8 Å². The van der Waals surface area contributed by atoms with Crippen LogP contribution in [0.2, 0.25) is 0 Å². The molecule has 1 aliphatic rings. The van der Waals surface area contributed by atoms with Gasteiger partial charge in [-0.3, -0.25) is 0 Å². The first-order valence-electron chi connectivity index (χ1n) is 5.11. The van der Waals surface area contributed by atoms with Crippen LogP contribution >= 0.6 is 24.0 Å². The second-order valence-corrected chi connectivity index (χ2v) is 6.15. The summed E-state index contributed by atoms with van der Waals surface area (Å²) in [5.74, 6) is 0. The van der Waals surface area contributed by atoms with Gasteiger partial charge in [-0.2, -0.15) is 0 Å². The van der Waals surface area contributed by atoms with Crippen LogP contribution in [0.5, 0.6) is 0 Å². The molecule has 0 aliphatic carbocycles. The predicted octanol–water partition coefficient (Wildman–Crippen LogP) is 2.90. The largest absolute Gasteiger partial charge is 0.477 e. The molecule has 1 rings (SSSR count). The zero-order chi connectivity index (χ0) is 11.5. The van der Waals surface area contributed by atoms with Crippen molar-refractivity contribution in [2.45, 2.75) is 44.5 Å². The molecule has 0 aromatic heterocycles. The molecular formula is C11H18O2S2. The van der Waals surface area contributed by atoms with E-state index in [1.165, 1.54) is 17.3 Å². The second kappa shape index (κ2) is 5.32. The highest BCUT2D eigenvalue weighted by molar-refractivity contribution is 8.23. The molecule has 1 heterocycles. The van der Waals surface area contributed by atoms with E-state index in [4.69, 9.17) is 17.0 Å². The molecule has 0 saturated carbocycles. The molecule has 0 aromatic rings. The molecule has 0 unspecified atom stereocenters. The quantitative estimate of drug-likeness (QED) is 0.610. The lowest BCUT2D eigenvalue weighted by Crippen LogP contribution is -2.37. The summed E-state index contributed by atoms with van der Waals surface area (Å²) >= 11 is 6.41. The van der Waals surface area contributed by atoms with Crippen LogP contribution in [-0.2, 0) is 4.74 Å². The normalized spacial score (nSPS) is 24.5. The fraction of sp³-hybridized carbons (Fsp3) is 0.727. The highest BCUT2D eigenvalue weighted by Crippen LogP contribution is 2.34. The van der Waals surface area contributed by atoms with E-state index in [1.54, 1.807) is 0 Å². The first-order chi connectivity index (χ1) is 6.92. The van der Waals surface area contributed by atoms with Crippen LogP contribution in [0.15, 0.2) is 11.6 Å². The van der Waals surface area contributed by atoms with E-state index in [0.29, 0.717) is 11.0 Å². The Morgan fingerprint density at radius 2 is 2.40 bits per heavy atom. The molecule has 15 heavy (non-hydrogen) atoms. The third-order valence-electron chi connectivity index (χ3n) is 2.49. The fourth-order valence-electron chi connectivity index (χ4n) is 1.45. The molecular weight excluding hydrogens is 228 g/mol. The number of ether oxygens (including phenoxy) is 1. The van der Waals surface area contributed by atoms with Gasteiger partial charge in [0.05, 0.1) is 10.9 Å². The van der Waals surface area contributed by atoms with Crippen LogP contribution in [0.4, 0.5) is 0 Å². The van der Waals surface area contributed by atoms with Crippen LogP contribution in [-0.4, -0.2) is 26.9 Å². The minimum Gasteiger partial charge on any atom is -0.477 e. The third kappa shape index (κ3) is 4.13. The number of aliphatic hydroxyl groups is 1. The fourth-order valence-corrected chi connectivity index (χ4v) is 2.74. The number of hydrogen-bond donors (Lipinski definition) is 1. The molecule has 1 saturated heterocycles. The lowest BCUT2D eigenvalue weighted by atomic mass is 9.95. The lowest BCUT2D eigenvalue weighted by Gasteiger charge is -2.27.